The zero-order chi connectivity index (χ0) is 14.0. The predicted molar refractivity (Wildman–Crippen MR) is 68.9 cm³/mol. The lowest BCUT2D eigenvalue weighted by Crippen LogP contribution is -2.60. The number of amides is 3. The van der Waals surface area contributed by atoms with Gasteiger partial charge in [0.15, 0.2) is 0 Å². The second-order valence-electron chi connectivity index (χ2n) is 5.60. The van der Waals surface area contributed by atoms with E-state index in [2.05, 4.69) is 5.32 Å². The summed E-state index contributed by atoms with van der Waals surface area (Å²) in [6.45, 7) is 1.78. The summed E-state index contributed by atoms with van der Waals surface area (Å²) in [5.41, 5.74) is 5.74. The number of hydrogen-bond acceptors (Lipinski definition) is 4. The van der Waals surface area contributed by atoms with Crippen LogP contribution in [0.2, 0.25) is 0 Å². The van der Waals surface area contributed by atoms with Gasteiger partial charge < -0.3 is 10.6 Å². The van der Waals surface area contributed by atoms with Gasteiger partial charge in [-0.2, -0.15) is 0 Å². The van der Waals surface area contributed by atoms with Gasteiger partial charge >= 0.3 is 0 Å². The van der Waals surface area contributed by atoms with E-state index in [1.807, 2.05) is 6.92 Å². The highest BCUT2D eigenvalue weighted by atomic mass is 16.2. The number of nitrogens with one attached hydrogen (secondary N) is 1. The summed E-state index contributed by atoms with van der Waals surface area (Å²) >= 11 is 0. The van der Waals surface area contributed by atoms with Crippen molar-refractivity contribution in [2.75, 3.05) is 6.54 Å². The monoisotopic (exact) mass is 267 g/mol. The Morgan fingerprint density at radius 1 is 1.42 bits per heavy atom. The first kappa shape index (κ1) is 14.0. The second-order valence-corrected chi connectivity index (χ2v) is 5.60. The van der Waals surface area contributed by atoms with Crippen LogP contribution in [-0.4, -0.2) is 40.7 Å². The fourth-order valence-corrected chi connectivity index (χ4v) is 2.99. The molecule has 106 valence electrons. The summed E-state index contributed by atoms with van der Waals surface area (Å²) in [6.07, 6.45) is 4.49. The molecule has 1 unspecified atom stereocenters. The summed E-state index contributed by atoms with van der Waals surface area (Å²) in [4.78, 5) is 36.8. The van der Waals surface area contributed by atoms with E-state index in [0.29, 0.717) is 6.42 Å². The van der Waals surface area contributed by atoms with Crippen molar-refractivity contribution in [1.82, 2.24) is 10.2 Å². The molecule has 1 aliphatic carbocycles. The standard InChI is InChI=1S/C13H21N3O3/c1-2-9-12(19)15-10(17)8-16(9)11(18)7-13(14)5-3-4-6-13/h9H,2-8,14H2,1H3,(H,15,17,19). The van der Waals surface area contributed by atoms with Gasteiger partial charge in [0.25, 0.3) is 0 Å². The van der Waals surface area contributed by atoms with Gasteiger partial charge in [-0.05, 0) is 19.3 Å². The highest BCUT2D eigenvalue weighted by Gasteiger charge is 2.39. The zero-order valence-electron chi connectivity index (χ0n) is 11.3. The molecule has 3 N–H and O–H groups in total. The minimum absolute atomic E-state index is 0.0425. The molecule has 6 heteroatoms. The first-order valence-corrected chi connectivity index (χ1v) is 6.87. The Labute approximate surface area is 112 Å². The minimum Gasteiger partial charge on any atom is -0.325 e. The number of carbonyl (C=O) groups excluding carboxylic acids is 3. The number of imide groups is 1. The van der Waals surface area contributed by atoms with Crippen LogP contribution in [0.3, 0.4) is 0 Å². The van der Waals surface area contributed by atoms with Crippen molar-refractivity contribution in [3.8, 4) is 0 Å². The minimum atomic E-state index is -0.546. The van der Waals surface area contributed by atoms with Crippen LogP contribution in [0.4, 0.5) is 0 Å². The molecule has 0 aromatic rings. The van der Waals surface area contributed by atoms with E-state index >= 15 is 0 Å². The number of carbonyl (C=O) groups is 3. The SMILES string of the molecule is CCC1C(=O)NC(=O)CN1C(=O)CC1(N)CCCC1. The molecule has 2 fully saturated rings. The van der Waals surface area contributed by atoms with Crippen molar-refractivity contribution in [2.24, 2.45) is 5.73 Å². The summed E-state index contributed by atoms with van der Waals surface area (Å²) in [6, 6.07) is -0.546. The molecular weight excluding hydrogens is 246 g/mol. The van der Waals surface area contributed by atoms with Gasteiger partial charge in [-0.15, -0.1) is 0 Å². The molecule has 1 saturated heterocycles. The normalized spacial score (nSPS) is 26.4. The Balaban J connectivity index is 2.07. The number of rotatable bonds is 3. The lowest BCUT2D eigenvalue weighted by atomic mass is 9.93. The molecule has 19 heavy (non-hydrogen) atoms. The van der Waals surface area contributed by atoms with Gasteiger partial charge in [-0.1, -0.05) is 19.8 Å². The van der Waals surface area contributed by atoms with Crippen LogP contribution in [-0.2, 0) is 14.4 Å². The van der Waals surface area contributed by atoms with Crippen molar-refractivity contribution in [3.63, 3.8) is 0 Å². The first-order chi connectivity index (χ1) is 8.95. The van der Waals surface area contributed by atoms with Crippen LogP contribution < -0.4 is 11.1 Å². The molecule has 1 aliphatic heterocycles. The van der Waals surface area contributed by atoms with Crippen LogP contribution in [0.5, 0.6) is 0 Å². The van der Waals surface area contributed by atoms with Crippen molar-refractivity contribution >= 4 is 17.7 Å². The van der Waals surface area contributed by atoms with Gasteiger partial charge in [-0.25, -0.2) is 0 Å². The van der Waals surface area contributed by atoms with Crippen molar-refractivity contribution < 1.29 is 14.4 Å². The smallest absolute Gasteiger partial charge is 0.249 e. The summed E-state index contributed by atoms with van der Waals surface area (Å²) in [5.74, 6) is -0.982. The third-order valence-electron chi connectivity index (χ3n) is 4.07. The molecule has 2 rings (SSSR count). The molecule has 0 radical (unpaired) electrons. The van der Waals surface area contributed by atoms with Crippen LogP contribution in [0.1, 0.15) is 45.4 Å². The molecular formula is C13H21N3O3. The van der Waals surface area contributed by atoms with Crippen LogP contribution >= 0.6 is 0 Å². The van der Waals surface area contributed by atoms with E-state index in [1.165, 1.54) is 4.90 Å². The van der Waals surface area contributed by atoms with Gasteiger partial charge in [0, 0.05) is 12.0 Å². The highest BCUT2D eigenvalue weighted by molar-refractivity contribution is 6.04. The van der Waals surface area contributed by atoms with E-state index < -0.39 is 17.5 Å². The van der Waals surface area contributed by atoms with E-state index in [0.717, 1.165) is 25.7 Å². The van der Waals surface area contributed by atoms with Crippen molar-refractivity contribution in [2.45, 2.75) is 57.0 Å². The van der Waals surface area contributed by atoms with Crippen LogP contribution in [0.25, 0.3) is 0 Å². The number of nitrogens with two attached hydrogens (primary N) is 1. The molecule has 3 amide bonds. The van der Waals surface area contributed by atoms with Crippen LogP contribution in [0, 0.1) is 0 Å². The molecule has 0 aromatic heterocycles. The number of piperazine rings is 1. The summed E-state index contributed by atoms with van der Waals surface area (Å²) in [5, 5.41) is 2.27. The van der Waals surface area contributed by atoms with Gasteiger partial charge in [0.2, 0.25) is 17.7 Å². The largest absolute Gasteiger partial charge is 0.325 e. The van der Waals surface area contributed by atoms with E-state index in [-0.39, 0.29) is 24.8 Å². The molecule has 1 atom stereocenters. The lowest BCUT2D eigenvalue weighted by molar-refractivity contribution is -0.150. The van der Waals surface area contributed by atoms with Crippen molar-refractivity contribution in [1.29, 1.82) is 0 Å². The second kappa shape index (κ2) is 5.28. The number of hydrogen-bond donors (Lipinski definition) is 2. The maximum Gasteiger partial charge on any atom is 0.249 e. The zero-order valence-corrected chi connectivity index (χ0v) is 11.3. The Morgan fingerprint density at radius 3 is 2.63 bits per heavy atom. The molecule has 1 heterocycles. The quantitative estimate of drug-likeness (QED) is 0.699. The highest BCUT2D eigenvalue weighted by Crippen LogP contribution is 2.31. The van der Waals surface area contributed by atoms with E-state index in [1.54, 1.807) is 0 Å². The Kier molecular flexibility index (Phi) is 3.89. The Bertz CT molecular complexity index is 402. The van der Waals surface area contributed by atoms with E-state index in [4.69, 9.17) is 5.73 Å². The maximum absolute atomic E-state index is 12.3. The third-order valence-corrected chi connectivity index (χ3v) is 4.07. The molecule has 2 aliphatic rings. The third kappa shape index (κ3) is 2.94. The fourth-order valence-electron chi connectivity index (χ4n) is 2.99. The van der Waals surface area contributed by atoms with Crippen LogP contribution in [0.15, 0.2) is 0 Å². The number of nitrogens with zero attached hydrogens (tertiary/aromatic N) is 1. The first-order valence-electron chi connectivity index (χ1n) is 6.87. The maximum atomic E-state index is 12.3. The van der Waals surface area contributed by atoms with E-state index in [9.17, 15) is 14.4 Å². The van der Waals surface area contributed by atoms with Crippen molar-refractivity contribution in [3.05, 3.63) is 0 Å². The average Bonchev–Trinajstić information content (AvgIpc) is 2.74. The molecule has 0 spiro atoms. The molecule has 6 nitrogen and oxygen atoms in total. The lowest BCUT2D eigenvalue weighted by Gasteiger charge is -2.35. The summed E-state index contributed by atoms with van der Waals surface area (Å²) < 4.78 is 0. The topological polar surface area (TPSA) is 92.5 Å². The molecule has 0 aromatic carbocycles. The summed E-state index contributed by atoms with van der Waals surface area (Å²) in [7, 11) is 0. The van der Waals surface area contributed by atoms with Gasteiger partial charge in [-0.3, -0.25) is 19.7 Å². The van der Waals surface area contributed by atoms with Gasteiger partial charge in [0.1, 0.15) is 12.6 Å². The molecule has 1 saturated carbocycles. The average molecular weight is 267 g/mol. The van der Waals surface area contributed by atoms with Gasteiger partial charge in [0.05, 0.1) is 0 Å². The Hall–Kier alpha value is -1.43. The molecule has 0 bridgehead atoms. The predicted octanol–water partition coefficient (Wildman–Crippen LogP) is -0.0884. The fraction of sp³-hybridized carbons (Fsp3) is 0.769. The Morgan fingerprint density at radius 2 is 2.05 bits per heavy atom.